The van der Waals surface area contributed by atoms with E-state index < -0.39 is 43.2 Å². The third-order valence-corrected chi connectivity index (χ3v) is 7.02. The third-order valence-electron chi connectivity index (χ3n) is 4.99. The van der Waals surface area contributed by atoms with Crippen LogP contribution >= 0.6 is 0 Å². The highest BCUT2D eigenvalue weighted by molar-refractivity contribution is 7.90. The maximum absolute atomic E-state index is 12.2. The lowest BCUT2D eigenvalue weighted by Crippen LogP contribution is -2.63. The van der Waals surface area contributed by atoms with Gasteiger partial charge >= 0.3 is 33.4 Å². The molecular weight excluding hydrogens is 605 g/mol. The zero-order valence-electron chi connectivity index (χ0n) is 19.8. The number of hydrogen-bond donors (Lipinski definition) is 1. The summed E-state index contributed by atoms with van der Waals surface area (Å²) in [6, 6.07) is 26.9. The molecule has 3 aromatic rings. The van der Waals surface area contributed by atoms with Crippen LogP contribution < -0.4 is 4.90 Å². The second-order valence-corrected chi connectivity index (χ2v) is 11.4. The number of sulfone groups is 1. The summed E-state index contributed by atoms with van der Waals surface area (Å²) in [7, 11) is -10.4. The van der Waals surface area contributed by atoms with Crippen LogP contribution in [0.3, 0.4) is 0 Å². The van der Waals surface area contributed by atoms with Crippen LogP contribution in [0.4, 0.5) is 56.6 Å². The summed E-state index contributed by atoms with van der Waals surface area (Å²) >= 11 is 0. The number of benzene rings is 3. The second kappa shape index (κ2) is 11.3. The quantitative estimate of drug-likeness (QED) is 0.229. The van der Waals surface area contributed by atoms with Gasteiger partial charge in [0.05, 0.1) is 4.90 Å². The molecule has 0 aromatic heterocycles. The fourth-order valence-electron chi connectivity index (χ4n) is 2.97. The first-order chi connectivity index (χ1) is 18.1. The molecule has 0 saturated carbocycles. The molecule has 0 fully saturated rings. The molecule has 3 aromatic carbocycles. The Morgan fingerprint density at radius 1 is 0.575 bits per heavy atom. The highest BCUT2D eigenvalue weighted by atomic mass is 32.2. The summed E-state index contributed by atoms with van der Waals surface area (Å²) in [5, 5.41) is -7.00. The molecule has 0 bridgehead atoms. The van der Waals surface area contributed by atoms with Crippen molar-refractivity contribution in [3.63, 3.8) is 0 Å². The Morgan fingerprint density at radius 2 is 0.925 bits per heavy atom. The van der Waals surface area contributed by atoms with E-state index in [2.05, 4.69) is 4.90 Å². The average molecular weight is 624 g/mol. The molecule has 0 atom stereocenters. The average Bonchev–Trinajstić information content (AvgIpc) is 2.84. The number of para-hydroxylation sites is 2. The van der Waals surface area contributed by atoms with Crippen LogP contribution in [0.1, 0.15) is 0 Å². The lowest BCUT2D eigenvalue weighted by Gasteiger charge is -2.31. The molecule has 0 aliphatic rings. The van der Waals surface area contributed by atoms with Gasteiger partial charge in [-0.05, 0) is 48.5 Å². The highest BCUT2D eigenvalue weighted by Crippen LogP contribution is 2.54. The van der Waals surface area contributed by atoms with Gasteiger partial charge in [0.25, 0.3) is 0 Å². The van der Waals surface area contributed by atoms with Crippen molar-refractivity contribution in [3.8, 4) is 0 Å². The molecule has 0 aliphatic heterocycles. The van der Waals surface area contributed by atoms with E-state index in [0.717, 1.165) is 17.1 Å². The van der Waals surface area contributed by atoms with Crippen molar-refractivity contribution in [2.24, 2.45) is 0 Å². The minimum absolute atomic E-state index is 0.322. The van der Waals surface area contributed by atoms with Gasteiger partial charge in [0.2, 0.25) is 0 Å². The molecule has 6 nitrogen and oxygen atoms in total. The minimum Gasteiger partial charge on any atom is -0.311 e. The summed E-state index contributed by atoms with van der Waals surface area (Å²) in [5.74, 6) is -14.7. The molecule has 1 N–H and O–H groups in total. The molecule has 17 heteroatoms. The maximum Gasteiger partial charge on any atom is 0.460 e. The van der Waals surface area contributed by atoms with E-state index in [-0.39, 0.29) is 0 Å². The predicted molar refractivity (Wildman–Crippen MR) is 127 cm³/mol. The lowest BCUT2D eigenvalue weighted by atomic mass is 10.1. The minimum atomic E-state index is -7.37. The van der Waals surface area contributed by atoms with Crippen molar-refractivity contribution in [1.29, 1.82) is 0 Å². The Labute approximate surface area is 222 Å². The van der Waals surface area contributed by atoms with Gasteiger partial charge in [-0.1, -0.05) is 36.4 Å². The number of rotatable bonds is 7. The number of hydrogen-bond acceptors (Lipinski definition) is 5. The molecular formula is C23H18F9NO5S2. The van der Waals surface area contributed by atoms with E-state index in [1.165, 1.54) is 6.26 Å². The van der Waals surface area contributed by atoms with Crippen LogP contribution in [0, 0.1) is 0 Å². The number of alkyl halides is 9. The number of nitrogens with zero attached hydrogens (tertiary/aromatic N) is 1. The second-order valence-electron chi connectivity index (χ2n) is 7.91. The molecule has 0 spiro atoms. The summed E-state index contributed by atoms with van der Waals surface area (Å²) in [6.45, 7) is 0. The normalized spacial score (nSPS) is 13.3. The van der Waals surface area contributed by atoms with Crippen LogP contribution in [0.5, 0.6) is 0 Å². The standard InChI is InChI=1S/C19H17NO2S.C4HF9O3S/c1-23(21,22)19-14-12-18(13-15-19)20(16-8-4-2-5-9-16)17-10-6-3-7-11-17;5-1(6,3(9,10)11)2(7,8)4(12,13)17(14,15)16/h2-15H,1H3;(H,14,15,16). The van der Waals surface area contributed by atoms with Crippen molar-refractivity contribution >= 4 is 37.0 Å². The van der Waals surface area contributed by atoms with Crippen molar-refractivity contribution < 1.29 is 60.9 Å². The first-order valence-electron chi connectivity index (χ1n) is 10.4. The molecule has 0 aliphatic carbocycles. The lowest BCUT2D eigenvalue weighted by molar-refractivity contribution is -0.382. The van der Waals surface area contributed by atoms with E-state index in [4.69, 9.17) is 4.55 Å². The fraction of sp³-hybridized carbons (Fsp3) is 0.217. The van der Waals surface area contributed by atoms with Crippen molar-refractivity contribution in [3.05, 3.63) is 84.9 Å². The van der Waals surface area contributed by atoms with Crippen LogP contribution in [0.15, 0.2) is 89.8 Å². The first-order valence-corrected chi connectivity index (χ1v) is 13.8. The topological polar surface area (TPSA) is 91.8 Å². The van der Waals surface area contributed by atoms with Crippen molar-refractivity contribution in [2.45, 2.75) is 28.2 Å². The Morgan fingerprint density at radius 3 is 1.23 bits per heavy atom. The Bertz CT molecular complexity index is 1460. The smallest absolute Gasteiger partial charge is 0.311 e. The van der Waals surface area contributed by atoms with E-state index in [1.807, 2.05) is 72.8 Å². The molecule has 3 rings (SSSR count). The van der Waals surface area contributed by atoms with E-state index >= 15 is 0 Å². The number of halogens is 9. The van der Waals surface area contributed by atoms with Gasteiger partial charge < -0.3 is 4.90 Å². The van der Waals surface area contributed by atoms with E-state index in [0.29, 0.717) is 4.90 Å². The largest absolute Gasteiger partial charge is 0.460 e. The van der Waals surface area contributed by atoms with E-state index in [1.54, 1.807) is 12.1 Å². The monoisotopic (exact) mass is 623 g/mol. The summed E-state index contributed by atoms with van der Waals surface area (Å²) in [5.41, 5.74) is 2.95. The van der Waals surface area contributed by atoms with Gasteiger partial charge in [-0.2, -0.15) is 47.9 Å². The Hall–Kier alpha value is -3.31. The van der Waals surface area contributed by atoms with Crippen LogP contribution in [-0.4, -0.2) is 50.9 Å². The Balaban J connectivity index is 0.000000296. The molecule has 0 heterocycles. The van der Waals surface area contributed by atoms with Gasteiger partial charge in [0, 0.05) is 23.3 Å². The summed E-state index contributed by atoms with van der Waals surface area (Å²) < 4.78 is 157. The third kappa shape index (κ3) is 6.69. The van der Waals surface area contributed by atoms with Gasteiger partial charge in [0.1, 0.15) is 0 Å². The fourth-order valence-corrected chi connectivity index (χ4v) is 4.05. The SMILES string of the molecule is CS(=O)(=O)c1ccc(N(c2ccccc2)c2ccccc2)cc1.O=S(=O)(O)C(F)(F)C(F)(F)C(F)(F)C(F)(F)F. The van der Waals surface area contributed by atoms with Crippen LogP contribution in [0.2, 0.25) is 0 Å². The zero-order valence-corrected chi connectivity index (χ0v) is 21.5. The van der Waals surface area contributed by atoms with Gasteiger partial charge in [0.15, 0.2) is 9.84 Å². The Kier molecular flexibility index (Phi) is 9.28. The number of anilines is 3. The zero-order chi connectivity index (χ0) is 30.8. The summed E-state index contributed by atoms with van der Waals surface area (Å²) in [6.07, 6.45) is -5.92. The molecule has 40 heavy (non-hydrogen) atoms. The van der Waals surface area contributed by atoms with Crippen LogP contribution in [-0.2, 0) is 20.0 Å². The molecule has 0 amide bonds. The maximum atomic E-state index is 12.2. The molecule has 0 radical (unpaired) electrons. The van der Waals surface area contributed by atoms with Crippen LogP contribution in [0.25, 0.3) is 0 Å². The van der Waals surface area contributed by atoms with Gasteiger partial charge in [-0.25, -0.2) is 8.42 Å². The van der Waals surface area contributed by atoms with Gasteiger partial charge in [-0.15, -0.1) is 0 Å². The van der Waals surface area contributed by atoms with E-state index in [9.17, 15) is 56.3 Å². The highest BCUT2D eigenvalue weighted by Gasteiger charge is 2.85. The first kappa shape index (κ1) is 32.9. The van der Waals surface area contributed by atoms with Crippen molar-refractivity contribution in [1.82, 2.24) is 0 Å². The summed E-state index contributed by atoms with van der Waals surface area (Å²) in [4.78, 5) is 2.41. The molecule has 220 valence electrons. The van der Waals surface area contributed by atoms with Gasteiger partial charge in [-0.3, -0.25) is 4.55 Å². The molecule has 0 saturated heterocycles. The molecule has 0 unspecified atom stereocenters. The predicted octanol–water partition coefficient (Wildman–Crippen LogP) is 6.86. The van der Waals surface area contributed by atoms with Crippen molar-refractivity contribution in [2.75, 3.05) is 11.2 Å².